The predicted molar refractivity (Wildman–Crippen MR) is 55.7 cm³/mol. The van der Waals surface area contributed by atoms with Crippen LogP contribution in [0.2, 0.25) is 0 Å². The van der Waals surface area contributed by atoms with E-state index in [1.54, 1.807) is 18.9 Å². The van der Waals surface area contributed by atoms with Gasteiger partial charge in [0.1, 0.15) is 5.75 Å². The molecule has 1 aliphatic rings. The Morgan fingerprint density at radius 1 is 1.54 bits per heavy atom. The van der Waals surface area contributed by atoms with Crippen molar-refractivity contribution in [1.29, 1.82) is 0 Å². The molecule has 0 unspecified atom stereocenters. The molecule has 2 nitrogen and oxygen atoms in total. The molecule has 0 aliphatic carbocycles. The van der Waals surface area contributed by atoms with Gasteiger partial charge in [0.15, 0.2) is 5.78 Å². The third-order valence-electron chi connectivity index (χ3n) is 1.91. The van der Waals surface area contributed by atoms with Gasteiger partial charge in [-0.3, -0.25) is 4.79 Å². The fourth-order valence-electron chi connectivity index (χ4n) is 1.25. The fourth-order valence-corrected chi connectivity index (χ4v) is 2.72. The van der Waals surface area contributed by atoms with Crippen LogP contribution in [-0.2, 0) is 0 Å². The lowest BCUT2D eigenvalue weighted by Crippen LogP contribution is -1.95. The highest BCUT2D eigenvalue weighted by Crippen LogP contribution is 2.38. The van der Waals surface area contributed by atoms with E-state index in [0.717, 1.165) is 20.7 Å². The van der Waals surface area contributed by atoms with Crippen LogP contribution in [-0.4, -0.2) is 18.6 Å². The molecule has 13 heavy (non-hydrogen) atoms. The normalized spacial score (nSPS) is 14.5. The van der Waals surface area contributed by atoms with Crippen molar-refractivity contribution < 1.29 is 9.53 Å². The summed E-state index contributed by atoms with van der Waals surface area (Å²) in [6, 6.07) is 3.73. The molecule has 0 saturated carbocycles. The van der Waals surface area contributed by atoms with Gasteiger partial charge in [-0.25, -0.2) is 0 Å². The summed E-state index contributed by atoms with van der Waals surface area (Å²) in [5.41, 5.74) is 0.803. The lowest BCUT2D eigenvalue weighted by molar-refractivity contribution is 0.102. The molecule has 2 rings (SSSR count). The van der Waals surface area contributed by atoms with Gasteiger partial charge in [0.05, 0.1) is 17.3 Å². The first-order valence-corrected chi connectivity index (χ1v) is 5.54. The number of carbonyl (C=O) groups is 1. The second kappa shape index (κ2) is 3.35. The zero-order valence-corrected chi connectivity index (χ0v) is 9.37. The molecule has 1 aromatic rings. The van der Waals surface area contributed by atoms with E-state index < -0.39 is 0 Å². The Hall–Kier alpha value is -0.480. The van der Waals surface area contributed by atoms with Crippen molar-refractivity contribution in [2.45, 2.75) is 4.90 Å². The molecule has 0 bridgehead atoms. The van der Waals surface area contributed by atoms with Crippen molar-refractivity contribution in [3.8, 4) is 5.75 Å². The quantitative estimate of drug-likeness (QED) is 0.775. The van der Waals surface area contributed by atoms with Crippen LogP contribution >= 0.6 is 27.7 Å². The van der Waals surface area contributed by atoms with E-state index in [9.17, 15) is 4.79 Å². The van der Waals surface area contributed by atoms with Crippen molar-refractivity contribution in [3.63, 3.8) is 0 Å². The zero-order chi connectivity index (χ0) is 9.42. The van der Waals surface area contributed by atoms with Gasteiger partial charge in [-0.05, 0) is 28.1 Å². The smallest absolute Gasteiger partial charge is 0.174 e. The van der Waals surface area contributed by atoms with E-state index in [1.807, 2.05) is 12.1 Å². The van der Waals surface area contributed by atoms with E-state index in [-0.39, 0.29) is 5.78 Å². The third kappa shape index (κ3) is 1.48. The fraction of sp³-hybridized carbons (Fsp3) is 0.222. The Morgan fingerprint density at radius 3 is 3.00 bits per heavy atom. The highest BCUT2D eigenvalue weighted by Gasteiger charge is 2.21. The number of rotatable bonds is 1. The van der Waals surface area contributed by atoms with Gasteiger partial charge in [0.25, 0.3) is 0 Å². The minimum atomic E-state index is 0.198. The molecule has 0 fully saturated rings. The summed E-state index contributed by atoms with van der Waals surface area (Å²) in [5, 5.41) is 0. The van der Waals surface area contributed by atoms with Gasteiger partial charge >= 0.3 is 0 Å². The lowest BCUT2D eigenvalue weighted by Gasteiger charge is -2.04. The van der Waals surface area contributed by atoms with Crippen LogP contribution in [0.15, 0.2) is 21.5 Å². The number of fused-ring (bicyclic) bond motifs is 1. The lowest BCUT2D eigenvalue weighted by atomic mass is 10.1. The summed E-state index contributed by atoms with van der Waals surface area (Å²) in [6.07, 6.45) is 0. The van der Waals surface area contributed by atoms with Crippen LogP contribution in [0.25, 0.3) is 0 Å². The van der Waals surface area contributed by atoms with Crippen LogP contribution in [0, 0.1) is 0 Å². The van der Waals surface area contributed by atoms with Crippen LogP contribution < -0.4 is 4.74 Å². The molecular formula is C9H7BrO2S. The molecule has 68 valence electrons. The van der Waals surface area contributed by atoms with Crippen molar-refractivity contribution in [2.75, 3.05) is 12.9 Å². The average Bonchev–Trinajstić information content (AvgIpc) is 2.47. The summed E-state index contributed by atoms with van der Waals surface area (Å²) >= 11 is 4.91. The molecule has 0 radical (unpaired) electrons. The highest BCUT2D eigenvalue weighted by atomic mass is 79.9. The van der Waals surface area contributed by atoms with Crippen molar-refractivity contribution in [3.05, 3.63) is 22.2 Å². The van der Waals surface area contributed by atoms with Crippen LogP contribution in [0.4, 0.5) is 0 Å². The van der Waals surface area contributed by atoms with Gasteiger partial charge in [0, 0.05) is 10.5 Å². The Kier molecular flexibility index (Phi) is 2.34. The number of Topliss-reactive ketones (excluding diaryl/α,β-unsaturated/α-hetero) is 1. The predicted octanol–water partition coefficient (Wildman–Crippen LogP) is 2.75. The van der Waals surface area contributed by atoms with E-state index in [4.69, 9.17) is 4.74 Å². The first-order valence-electron chi connectivity index (χ1n) is 3.76. The van der Waals surface area contributed by atoms with Gasteiger partial charge in [0.2, 0.25) is 0 Å². The Labute approximate surface area is 88.8 Å². The highest BCUT2D eigenvalue weighted by molar-refractivity contribution is 9.10. The number of carbonyl (C=O) groups excluding carboxylic acids is 1. The number of thioether (sulfide) groups is 1. The maximum Gasteiger partial charge on any atom is 0.174 e. The number of hydrogen-bond acceptors (Lipinski definition) is 3. The molecule has 1 aromatic carbocycles. The van der Waals surface area contributed by atoms with Crippen molar-refractivity contribution >= 4 is 33.5 Å². The second-order valence-electron chi connectivity index (χ2n) is 2.69. The summed E-state index contributed by atoms with van der Waals surface area (Å²) in [4.78, 5) is 12.4. The molecule has 0 atom stereocenters. The average molecular weight is 259 g/mol. The standard InChI is InChI=1S/C9H7BrO2S/c1-12-8-3-9-5(2-6(8)10)7(11)4-13-9/h2-3H,4H2,1H3. The summed E-state index contributed by atoms with van der Waals surface area (Å²) in [5.74, 6) is 1.53. The second-order valence-corrected chi connectivity index (χ2v) is 4.57. The van der Waals surface area contributed by atoms with Gasteiger partial charge in [-0.2, -0.15) is 0 Å². The van der Waals surface area contributed by atoms with Crippen LogP contribution in [0.1, 0.15) is 10.4 Å². The first kappa shape index (κ1) is 9.09. The zero-order valence-electron chi connectivity index (χ0n) is 6.96. The van der Waals surface area contributed by atoms with E-state index in [1.165, 1.54) is 0 Å². The monoisotopic (exact) mass is 258 g/mol. The van der Waals surface area contributed by atoms with Crippen molar-refractivity contribution in [2.24, 2.45) is 0 Å². The maximum atomic E-state index is 11.3. The number of ether oxygens (including phenoxy) is 1. The van der Waals surface area contributed by atoms with Gasteiger partial charge < -0.3 is 4.74 Å². The van der Waals surface area contributed by atoms with E-state index in [2.05, 4.69) is 15.9 Å². The minimum absolute atomic E-state index is 0.198. The SMILES string of the molecule is COc1cc2c(cc1Br)C(=O)CS2. The van der Waals surface area contributed by atoms with Crippen molar-refractivity contribution in [1.82, 2.24) is 0 Å². The molecular weight excluding hydrogens is 252 g/mol. The number of ketones is 1. The topological polar surface area (TPSA) is 26.3 Å². The summed E-state index contributed by atoms with van der Waals surface area (Å²) in [7, 11) is 1.62. The summed E-state index contributed by atoms with van der Waals surface area (Å²) in [6.45, 7) is 0. The largest absolute Gasteiger partial charge is 0.496 e. The number of methoxy groups -OCH3 is 1. The van der Waals surface area contributed by atoms with Crippen LogP contribution in [0.3, 0.4) is 0 Å². The Balaban J connectivity index is 2.56. The number of hydrogen-bond donors (Lipinski definition) is 0. The number of benzene rings is 1. The van der Waals surface area contributed by atoms with Crippen LogP contribution in [0.5, 0.6) is 5.75 Å². The molecule has 0 aromatic heterocycles. The molecule has 0 amide bonds. The number of halogens is 1. The molecule has 0 spiro atoms. The van der Waals surface area contributed by atoms with E-state index in [0.29, 0.717) is 5.75 Å². The summed E-state index contributed by atoms with van der Waals surface area (Å²) < 4.78 is 5.97. The third-order valence-corrected chi connectivity index (χ3v) is 3.59. The Bertz CT molecular complexity index is 376. The van der Waals surface area contributed by atoms with Gasteiger partial charge in [-0.1, -0.05) is 0 Å². The molecule has 0 N–H and O–H groups in total. The first-order chi connectivity index (χ1) is 6.22. The van der Waals surface area contributed by atoms with Gasteiger partial charge in [-0.15, -0.1) is 11.8 Å². The molecule has 1 aliphatic heterocycles. The molecule has 1 heterocycles. The minimum Gasteiger partial charge on any atom is -0.496 e. The molecule has 0 saturated heterocycles. The maximum absolute atomic E-state index is 11.3. The van der Waals surface area contributed by atoms with E-state index >= 15 is 0 Å². The Morgan fingerprint density at radius 2 is 2.31 bits per heavy atom. The molecule has 4 heteroatoms.